The number of hydrogen-bond acceptors (Lipinski definition) is 4. The number of hydrogen-bond donors (Lipinski definition) is 1. The summed E-state index contributed by atoms with van der Waals surface area (Å²) in [6.07, 6.45) is 0.00490. The number of nitrogens with zero attached hydrogens (tertiary/aromatic N) is 1. The standard InChI is InChI=1S/C26H32N2O3/c1-3-30-25(31-4-2)19-28(26(29)24(27)17-20-10-6-5-7-11-20)18-21-14-15-22-12-8-9-13-23(22)16-21/h5-16,24-25H,3-4,17-19,27H2,1-2H3/t24-/m0/s1. The number of rotatable bonds is 11. The average molecular weight is 421 g/mol. The van der Waals surface area contributed by atoms with Crippen LogP contribution in [0.4, 0.5) is 0 Å². The lowest BCUT2D eigenvalue weighted by Gasteiger charge is -2.29. The Labute approximate surface area is 184 Å². The van der Waals surface area contributed by atoms with E-state index >= 15 is 0 Å². The molecular weight excluding hydrogens is 388 g/mol. The summed E-state index contributed by atoms with van der Waals surface area (Å²) in [5.74, 6) is -0.110. The molecule has 0 aliphatic carbocycles. The summed E-state index contributed by atoms with van der Waals surface area (Å²) in [5, 5.41) is 2.32. The van der Waals surface area contributed by atoms with Crippen LogP contribution in [0.3, 0.4) is 0 Å². The second-order valence-corrected chi connectivity index (χ2v) is 7.54. The largest absolute Gasteiger partial charge is 0.351 e. The van der Waals surface area contributed by atoms with Crippen LogP contribution in [0.5, 0.6) is 0 Å². The van der Waals surface area contributed by atoms with E-state index in [1.165, 1.54) is 5.39 Å². The van der Waals surface area contributed by atoms with Gasteiger partial charge in [-0.3, -0.25) is 4.79 Å². The monoisotopic (exact) mass is 420 g/mol. The fourth-order valence-electron chi connectivity index (χ4n) is 3.69. The lowest BCUT2D eigenvalue weighted by molar-refractivity contribution is -0.160. The van der Waals surface area contributed by atoms with Crippen LogP contribution in [0.1, 0.15) is 25.0 Å². The van der Waals surface area contributed by atoms with Crippen LogP contribution in [0.15, 0.2) is 72.8 Å². The van der Waals surface area contributed by atoms with E-state index in [1.807, 2.05) is 56.3 Å². The quantitative estimate of drug-likeness (QED) is 0.474. The molecule has 0 aromatic heterocycles. The Balaban J connectivity index is 1.80. The van der Waals surface area contributed by atoms with Crippen molar-refractivity contribution in [2.24, 2.45) is 5.73 Å². The van der Waals surface area contributed by atoms with Gasteiger partial charge in [0.15, 0.2) is 6.29 Å². The van der Waals surface area contributed by atoms with Crippen molar-refractivity contribution in [3.63, 3.8) is 0 Å². The summed E-state index contributed by atoms with van der Waals surface area (Å²) in [4.78, 5) is 15.1. The van der Waals surface area contributed by atoms with Gasteiger partial charge >= 0.3 is 0 Å². The highest BCUT2D eigenvalue weighted by Crippen LogP contribution is 2.18. The number of carbonyl (C=O) groups excluding carboxylic acids is 1. The first-order valence-corrected chi connectivity index (χ1v) is 10.9. The Kier molecular flexibility index (Phi) is 8.59. The van der Waals surface area contributed by atoms with Crippen LogP contribution in [0, 0.1) is 0 Å². The summed E-state index contributed by atoms with van der Waals surface area (Å²) in [5.41, 5.74) is 8.43. The van der Waals surface area contributed by atoms with Gasteiger partial charge in [-0.2, -0.15) is 0 Å². The third-order valence-electron chi connectivity index (χ3n) is 5.19. The van der Waals surface area contributed by atoms with Crippen molar-refractivity contribution in [3.8, 4) is 0 Å². The first-order valence-electron chi connectivity index (χ1n) is 10.9. The van der Waals surface area contributed by atoms with Gasteiger partial charge < -0.3 is 20.1 Å². The maximum Gasteiger partial charge on any atom is 0.240 e. The molecule has 1 amide bonds. The Bertz CT molecular complexity index is 955. The van der Waals surface area contributed by atoms with Crippen molar-refractivity contribution in [1.82, 2.24) is 4.90 Å². The van der Waals surface area contributed by atoms with Gasteiger partial charge in [-0.25, -0.2) is 0 Å². The minimum Gasteiger partial charge on any atom is -0.351 e. The van der Waals surface area contributed by atoms with E-state index in [0.717, 1.165) is 16.5 Å². The molecule has 0 unspecified atom stereocenters. The van der Waals surface area contributed by atoms with Gasteiger partial charge in [0, 0.05) is 19.8 Å². The van der Waals surface area contributed by atoms with Crippen LogP contribution < -0.4 is 5.73 Å². The van der Waals surface area contributed by atoms with E-state index in [9.17, 15) is 4.79 Å². The Morgan fingerprint density at radius 3 is 2.19 bits per heavy atom. The minimum atomic E-state index is -0.633. The molecule has 0 saturated carbocycles. The van der Waals surface area contributed by atoms with Crippen molar-refractivity contribution in [3.05, 3.63) is 83.9 Å². The maximum atomic E-state index is 13.3. The molecule has 0 fully saturated rings. The molecule has 0 aliphatic heterocycles. The first kappa shape index (κ1) is 22.9. The zero-order chi connectivity index (χ0) is 22.1. The predicted octanol–water partition coefficient (Wildman–Crippen LogP) is 4.14. The molecule has 0 aliphatic rings. The summed E-state index contributed by atoms with van der Waals surface area (Å²) in [7, 11) is 0. The van der Waals surface area contributed by atoms with E-state index in [1.54, 1.807) is 4.90 Å². The summed E-state index contributed by atoms with van der Waals surface area (Å²) < 4.78 is 11.4. The molecule has 2 N–H and O–H groups in total. The third-order valence-corrected chi connectivity index (χ3v) is 5.19. The van der Waals surface area contributed by atoms with Gasteiger partial charge in [0.2, 0.25) is 5.91 Å². The highest BCUT2D eigenvalue weighted by atomic mass is 16.7. The summed E-state index contributed by atoms with van der Waals surface area (Å²) >= 11 is 0. The Hall–Kier alpha value is -2.73. The maximum absolute atomic E-state index is 13.3. The zero-order valence-electron chi connectivity index (χ0n) is 18.4. The van der Waals surface area contributed by atoms with Gasteiger partial charge in [0.05, 0.1) is 12.6 Å². The van der Waals surface area contributed by atoms with Crippen molar-refractivity contribution in [2.75, 3.05) is 19.8 Å². The number of nitrogens with two attached hydrogens (primary N) is 1. The van der Waals surface area contributed by atoms with Gasteiger partial charge in [0.25, 0.3) is 0 Å². The van der Waals surface area contributed by atoms with Crippen LogP contribution >= 0.6 is 0 Å². The molecule has 3 aromatic carbocycles. The highest BCUT2D eigenvalue weighted by Gasteiger charge is 2.25. The molecule has 0 saturated heterocycles. The molecule has 0 spiro atoms. The zero-order valence-corrected chi connectivity index (χ0v) is 18.4. The molecular formula is C26H32N2O3. The molecule has 3 aromatic rings. The second kappa shape index (κ2) is 11.6. The Morgan fingerprint density at radius 2 is 1.52 bits per heavy atom. The topological polar surface area (TPSA) is 64.8 Å². The number of carbonyl (C=O) groups is 1. The molecule has 1 atom stereocenters. The number of amides is 1. The van der Waals surface area contributed by atoms with Crippen LogP contribution in [-0.2, 0) is 27.2 Å². The molecule has 5 nitrogen and oxygen atoms in total. The summed E-state index contributed by atoms with van der Waals surface area (Å²) in [6.45, 7) is 5.64. The second-order valence-electron chi connectivity index (χ2n) is 7.54. The molecule has 0 radical (unpaired) electrons. The SMILES string of the molecule is CCOC(CN(Cc1ccc2ccccc2c1)C(=O)[C@@H](N)Cc1ccccc1)OCC. The smallest absolute Gasteiger partial charge is 0.240 e. The number of fused-ring (bicyclic) bond motifs is 1. The molecule has 164 valence electrons. The molecule has 0 heterocycles. The van der Waals surface area contributed by atoms with Crippen molar-refractivity contribution < 1.29 is 14.3 Å². The van der Waals surface area contributed by atoms with Gasteiger partial charge in [-0.1, -0.05) is 66.7 Å². The Morgan fingerprint density at radius 1 is 0.871 bits per heavy atom. The van der Waals surface area contributed by atoms with E-state index in [0.29, 0.717) is 32.7 Å². The van der Waals surface area contributed by atoms with Crippen LogP contribution in [0.2, 0.25) is 0 Å². The molecule has 0 bridgehead atoms. The van der Waals surface area contributed by atoms with Crippen molar-refractivity contribution >= 4 is 16.7 Å². The van der Waals surface area contributed by atoms with Crippen molar-refractivity contribution in [1.29, 1.82) is 0 Å². The predicted molar refractivity (Wildman–Crippen MR) is 125 cm³/mol. The lowest BCUT2D eigenvalue weighted by Crippen LogP contribution is -2.48. The third kappa shape index (κ3) is 6.62. The van der Waals surface area contributed by atoms with E-state index in [2.05, 4.69) is 30.3 Å². The first-order chi connectivity index (χ1) is 15.1. The highest BCUT2D eigenvalue weighted by molar-refractivity contribution is 5.84. The van der Waals surface area contributed by atoms with Gasteiger partial charge in [0.1, 0.15) is 0 Å². The van der Waals surface area contributed by atoms with Gasteiger partial charge in [-0.05, 0) is 48.2 Å². The van der Waals surface area contributed by atoms with E-state index in [-0.39, 0.29) is 5.91 Å². The minimum absolute atomic E-state index is 0.110. The van der Waals surface area contributed by atoms with Gasteiger partial charge in [-0.15, -0.1) is 0 Å². The summed E-state index contributed by atoms with van der Waals surface area (Å²) in [6, 6.07) is 23.7. The molecule has 31 heavy (non-hydrogen) atoms. The fourth-order valence-corrected chi connectivity index (χ4v) is 3.69. The van der Waals surface area contributed by atoms with Crippen molar-refractivity contribution in [2.45, 2.75) is 39.1 Å². The van der Waals surface area contributed by atoms with Crippen LogP contribution in [0.25, 0.3) is 10.8 Å². The lowest BCUT2D eigenvalue weighted by atomic mass is 10.0. The van der Waals surface area contributed by atoms with E-state index < -0.39 is 12.3 Å². The number of ether oxygens (including phenoxy) is 2. The van der Waals surface area contributed by atoms with E-state index in [4.69, 9.17) is 15.2 Å². The fraction of sp³-hybridized carbons (Fsp3) is 0.346. The number of benzene rings is 3. The molecule has 5 heteroatoms. The normalized spacial score (nSPS) is 12.3. The van der Waals surface area contributed by atoms with Crippen LogP contribution in [-0.4, -0.2) is 42.9 Å². The average Bonchev–Trinajstić information content (AvgIpc) is 2.79. The molecule has 3 rings (SSSR count).